The SMILES string of the molecule is COc1ccc2c(c1)OC(C)(C)C(c1ccccc1)C2c1ccc(OCCN2CCCC2)cc1.Cc1c(-c2ccc(O)cc2)n(Cc2ccc(OCCN3CCCCCC3)cc2)c2ccc(O)cc12.Oc1ccc2c(c1)CCC(c1ccccc1)C2c1ccc(OCCN2CCCC2)cc1. The lowest BCUT2D eigenvalue weighted by Crippen LogP contribution is -2.43. The molecule has 3 fully saturated rings. The van der Waals surface area contributed by atoms with E-state index in [9.17, 15) is 15.3 Å². The third-order valence-corrected chi connectivity index (χ3v) is 21.3. The fourth-order valence-corrected chi connectivity index (χ4v) is 16.2. The molecule has 1 aromatic heterocycles. The minimum absolute atomic E-state index is 0.158. The number of phenolic OH excluding ortho intramolecular Hbond substituents is 3. The van der Waals surface area contributed by atoms with Gasteiger partial charge in [-0.05, 0) is 264 Å². The van der Waals surface area contributed by atoms with Crippen LogP contribution in [0.5, 0.6) is 46.0 Å². The molecule has 520 valence electrons. The van der Waals surface area contributed by atoms with Crippen LogP contribution >= 0.6 is 0 Å². The molecule has 4 unspecified atom stereocenters. The van der Waals surface area contributed by atoms with Crippen LogP contribution in [0.15, 0.2) is 212 Å². The summed E-state index contributed by atoms with van der Waals surface area (Å²) in [6.45, 7) is 19.6. The van der Waals surface area contributed by atoms with Crippen molar-refractivity contribution in [2.75, 3.05) is 85.8 Å². The standard InChI is InChI=1S/C30H34N2O3.C30H35NO3.C28H31NO2/c1-22-28-20-26(34)12-15-29(28)32(30(22)24-8-10-25(33)11-9-24)21-23-6-13-27(14-7-23)35-19-18-31-16-4-2-3-5-17-31;1-30(2)29(23-9-5-4-6-10-23)28(26-16-15-25(32-3)21-27(26)34-30)22-11-13-24(14-12-22)33-20-19-31-17-7-8-18-31;30-24-11-15-27-23(20-24)10-14-26(21-6-2-1-3-7-21)28(27)22-8-12-25(13-9-22)31-19-18-29-16-4-5-17-29/h6-15,20,33-34H,2-5,16-19,21H2,1H3;4-6,9-16,21,28-29H,7-8,17-20H2,1-3H3;1-3,6-9,11-13,15,20,26,28,30H,4-5,10,14,16-19H2. The smallest absolute Gasteiger partial charge is 0.127 e. The first kappa shape index (κ1) is 69.3. The van der Waals surface area contributed by atoms with Crippen LogP contribution < -0.4 is 23.7 Å². The summed E-state index contributed by atoms with van der Waals surface area (Å²) >= 11 is 0. The summed E-state index contributed by atoms with van der Waals surface area (Å²) in [6.07, 6.45) is 12.6. The van der Waals surface area contributed by atoms with Crippen LogP contribution in [0.3, 0.4) is 0 Å². The summed E-state index contributed by atoms with van der Waals surface area (Å²) in [5.74, 6) is 6.39. The van der Waals surface area contributed by atoms with E-state index >= 15 is 0 Å². The molecule has 0 saturated carbocycles. The highest BCUT2D eigenvalue weighted by atomic mass is 16.5. The Morgan fingerprint density at radius 3 is 1.50 bits per heavy atom. The van der Waals surface area contributed by atoms with E-state index in [0.717, 1.165) is 109 Å². The number of ether oxygens (including phenoxy) is 5. The highest BCUT2D eigenvalue weighted by Crippen LogP contribution is 2.54. The lowest BCUT2D eigenvalue weighted by Gasteiger charge is -2.45. The van der Waals surface area contributed by atoms with E-state index < -0.39 is 5.60 Å². The number of aromatic nitrogens is 1. The molecule has 0 amide bonds. The zero-order valence-corrected chi connectivity index (χ0v) is 59.0. The third-order valence-electron chi connectivity index (χ3n) is 21.3. The summed E-state index contributed by atoms with van der Waals surface area (Å²) in [5, 5.41) is 30.9. The normalized spacial score (nSPS) is 19.0. The largest absolute Gasteiger partial charge is 0.508 e. The summed E-state index contributed by atoms with van der Waals surface area (Å²) in [7, 11) is 1.70. The Kier molecular flexibility index (Phi) is 22.8. The van der Waals surface area contributed by atoms with Gasteiger partial charge in [0.15, 0.2) is 0 Å². The number of rotatable bonds is 20. The molecule has 5 heterocycles. The summed E-state index contributed by atoms with van der Waals surface area (Å²) < 4.78 is 32.5. The molecule has 12 heteroatoms. The van der Waals surface area contributed by atoms with Crippen LogP contribution in [0.2, 0.25) is 0 Å². The molecular weight excluding hydrogens is 1240 g/mol. The van der Waals surface area contributed by atoms with Crippen molar-refractivity contribution in [1.82, 2.24) is 19.3 Å². The summed E-state index contributed by atoms with van der Waals surface area (Å²) in [6, 6.07) is 72.3. The Bertz CT molecular complexity index is 4220. The van der Waals surface area contributed by atoms with Gasteiger partial charge in [0.05, 0.1) is 12.8 Å². The molecular formula is C88H100N4O8. The third kappa shape index (κ3) is 17.0. The van der Waals surface area contributed by atoms with Gasteiger partial charge in [-0.2, -0.15) is 0 Å². The number of benzene rings is 9. The van der Waals surface area contributed by atoms with E-state index in [0.29, 0.717) is 18.2 Å². The van der Waals surface area contributed by atoms with Crippen molar-refractivity contribution in [1.29, 1.82) is 0 Å². The van der Waals surface area contributed by atoms with Crippen molar-refractivity contribution in [3.8, 4) is 57.3 Å². The van der Waals surface area contributed by atoms with Crippen LogP contribution in [0.1, 0.15) is 145 Å². The van der Waals surface area contributed by atoms with Crippen LogP contribution in [-0.2, 0) is 13.0 Å². The lowest BCUT2D eigenvalue weighted by atomic mass is 9.68. The minimum Gasteiger partial charge on any atom is -0.508 e. The van der Waals surface area contributed by atoms with Crippen molar-refractivity contribution in [3.63, 3.8) is 0 Å². The number of likely N-dealkylation sites (tertiary alicyclic amines) is 3. The highest BCUT2D eigenvalue weighted by molar-refractivity contribution is 5.92. The Labute approximate surface area is 592 Å². The average Bonchev–Trinajstić information content (AvgIpc) is 1.25. The number of fused-ring (bicyclic) bond motifs is 3. The molecule has 4 atom stereocenters. The topological polar surface area (TPSA) is 121 Å². The predicted octanol–water partition coefficient (Wildman–Crippen LogP) is 18.3. The number of hydrogen-bond acceptors (Lipinski definition) is 11. The van der Waals surface area contributed by atoms with E-state index in [1.54, 1.807) is 25.3 Å². The Morgan fingerprint density at radius 1 is 0.460 bits per heavy atom. The molecule has 15 rings (SSSR count). The Hall–Kier alpha value is -9.20. The van der Waals surface area contributed by atoms with Gasteiger partial charge in [0.2, 0.25) is 0 Å². The second kappa shape index (κ2) is 32.9. The number of phenols is 3. The van der Waals surface area contributed by atoms with Gasteiger partial charge in [0.1, 0.15) is 71.4 Å². The second-order valence-electron chi connectivity index (χ2n) is 28.4. The van der Waals surface area contributed by atoms with Crippen LogP contribution in [-0.4, -0.2) is 126 Å². The van der Waals surface area contributed by atoms with Crippen LogP contribution in [0.4, 0.5) is 0 Å². The number of nitrogens with zero attached hydrogens (tertiary/aromatic N) is 4. The quantitative estimate of drug-likeness (QED) is 0.0676. The molecule has 1 aliphatic carbocycles. The molecule has 0 bridgehead atoms. The molecule has 12 nitrogen and oxygen atoms in total. The van der Waals surface area contributed by atoms with Gasteiger partial charge in [0.25, 0.3) is 0 Å². The lowest BCUT2D eigenvalue weighted by molar-refractivity contribution is 0.0528. The zero-order chi connectivity index (χ0) is 68.8. The van der Waals surface area contributed by atoms with Crippen LogP contribution in [0, 0.1) is 6.92 Å². The van der Waals surface area contributed by atoms with Crippen molar-refractivity contribution in [2.24, 2.45) is 0 Å². The first-order valence-electron chi connectivity index (χ1n) is 36.7. The number of aromatic hydroxyl groups is 3. The monoisotopic (exact) mass is 1340 g/mol. The molecule has 9 aromatic carbocycles. The first-order valence-corrected chi connectivity index (χ1v) is 36.7. The molecule has 3 N–H and O–H groups in total. The zero-order valence-electron chi connectivity index (χ0n) is 59.0. The molecule has 0 spiro atoms. The van der Waals surface area contributed by atoms with Gasteiger partial charge in [-0.15, -0.1) is 0 Å². The molecule has 4 aliphatic heterocycles. The van der Waals surface area contributed by atoms with Crippen molar-refractivity contribution in [3.05, 3.63) is 262 Å². The molecule has 3 saturated heterocycles. The summed E-state index contributed by atoms with van der Waals surface area (Å²) in [4.78, 5) is 7.48. The molecule has 10 aromatic rings. The van der Waals surface area contributed by atoms with Gasteiger partial charge in [0, 0.05) is 66.5 Å². The van der Waals surface area contributed by atoms with E-state index in [-0.39, 0.29) is 29.3 Å². The van der Waals surface area contributed by atoms with E-state index in [1.165, 1.54) is 135 Å². The maximum absolute atomic E-state index is 10.1. The van der Waals surface area contributed by atoms with Gasteiger partial charge < -0.3 is 43.6 Å². The minimum atomic E-state index is -0.393. The molecule has 100 heavy (non-hydrogen) atoms. The predicted molar refractivity (Wildman–Crippen MR) is 403 cm³/mol. The fourth-order valence-electron chi connectivity index (χ4n) is 16.2. The van der Waals surface area contributed by atoms with Crippen molar-refractivity contribution in [2.45, 2.75) is 121 Å². The highest BCUT2D eigenvalue weighted by Gasteiger charge is 2.45. The number of methoxy groups -OCH3 is 1. The second-order valence-corrected chi connectivity index (χ2v) is 28.4. The van der Waals surface area contributed by atoms with Crippen molar-refractivity contribution >= 4 is 10.9 Å². The summed E-state index contributed by atoms with van der Waals surface area (Å²) in [5.41, 5.74) is 14.1. The molecule has 0 radical (unpaired) electrons. The van der Waals surface area contributed by atoms with E-state index in [4.69, 9.17) is 23.7 Å². The number of hydrogen-bond donors (Lipinski definition) is 3. The maximum Gasteiger partial charge on any atom is 0.127 e. The fraction of sp³-hybridized carbons (Fsp3) is 0.364. The van der Waals surface area contributed by atoms with Crippen molar-refractivity contribution < 1.29 is 39.0 Å². The average molecular weight is 1340 g/mol. The van der Waals surface area contributed by atoms with Crippen LogP contribution in [0.25, 0.3) is 22.2 Å². The van der Waals surface area contributed by atoms with E-state index in [1.807, 2.05) is 48.5 Å². The van der Waals surface area contributed by atoms with Gasteiger partial charge in [-0.3, -0.25) is 14.7 Å². The van der Waals surface area contributed by atoms with Gasteiger partial charge in [-0.25, -0.2) is 0 Å². The molecule has 5 aliphatic rings. The van der Waals surface area contributed by atoms with E-state index in [2.05, 4.69) is 186 Å². The number of aryl methyl sites for hydroxylation is 2. The van der Waals surface area contributed by atoms with Gasteiger partial charge >= 0.3 is 0 Å². The maximum atomic E-state index is 10.1. The first-order chi connectivity index (χ1) is 48.9. The Morgan fingerprint density at radius 2 is 0.940 bits per heavy atom. The Balaban J connectivity index is 0.000000135. The van der Waals surface area contributed by atoms with Gasteiger partial charge in [-0.1, -0.05) is 122 Å².